The van der Waals surface area contributed by atoms with Gasteiger partial charge in [-0.05, 0) is 73.5 Å². The van der Waals surface area contributed by atoms with Crippen molar-refractivity contribution < 1.29 is 29.9 Å². The van der Waals surface area contributed by atoms with Crippen molar-refractivity contribution in [2.24, 2.45) is 5.92 Å². The number of piperidine rings is 1. The number of benzene rings is 2. The van der Waals surface area contributed by atoms with Gasteiger partial charge in [0.1, 0.15) is 30.2 Å². The van der Waals surface area contributed by atoms with E-state index in [4.69, 9.17) is 21.1 Å². The van der Waals surface area contributed by atoms with Crippen molar-refractivity contribution in [1.29, 1.82) is 0 Å². The molecule has 192 valence electrons. The molecule has 0 radical (unpaired) electrons. The molecule has 7 nitrogen and oxygen atoms in total. The van der Waals surface area contributed by atoms with Gasteiger partial charge >= 0.3 is 0 Å². The Kier molecular flexibility index (Phi) is 9.05. The van der Waals surface area contributed by atoms with Crippen LogP contribution in [0.15, 0.2) is 42.5 Å². The summed E-state index contributed by atoms with van der Waals surface area (Å²) in [6, 6.07) is 13.3. The molecule has 2 aromatic carbocycles. The standard InChI is InChI=1S/C27H36ClNO6/c1-2-34-21-8-5-17(6-9-21)12-20-13-19(7-10-22(20)28)27-26(33)25(32)24(31)23(35-27)15-29-11-3-4-18(14-29)16-30/h5-10,13,18,23-27,30-33H,2-4,11-12,14-16H2,1H3/t18?,23-,24-,25+,26-,27+/m1/s1. The van der Waals surface area contributed by atoms with E-state index in [9.17, 15) is 20.4 Å². The van der Waals surface area contributed by atoms with Crippen LogP contribution in [0.2, 0.25) is 5.02 Å². The Morgan fingerprint density at radius 2 is 1.83 bits per heavy atom. The van der Waals surface area contributed by atoms with Crippen LogP contribution in [-0.4, -0.2) is 82.6 Å². The largest absolute Gasteiger partial charge is 0.494 e. The average Bonchev–Trinajstić information content (AvgIpc) is 2.87. The van der Waals surface area contributed by atoms with Crippen molar-refractivity contribution in [3.63, 3.8) is 0 Å². The second-order valence-electron chi connectivity index (χ2n) is 9.62. The highest BCUT2D eigenvalue weighted by Gasteiger charge is 2.45. The lowest BCUT2D eigenvalue weighted by molar-refractivity contribution is -0.228. The Bertz CT molecular complexity index is 957. The molecule has 2 fully saturated rings. The first-order chi connectivity index (χ1) is 16.9. The average molecular weight is 506 g/mol. The highest BCUT2D eigenvalue weighted by atomic mass is 35.5. The summed E-state index contributed by atoms with van der Waals surface area (Å²) in [6.07, 6.45) is -2.73. The molecule has 35 heavy (non-hydrogen) atoms. The minimum atomic E-state index is -1.33. The summed E-state index contributed by atoms with van der Waals surface area (Å²) in [5.74, 6) is 1.02. The van der Waals surface area contributed by atoms with E-state index in [1.165, 1.54) is 0 Å². The molecule has 8 heteroatoms. The first kappa shape index (κ1) is 26.4. The molecule has 2 aliphatic rings. The Morgan fingerprint density at radius 1 is 1.06 bits per heavy atom. The van der Waals surface area contributed by atoms with Gasteiger partial charge in [-0.3, -0.25) is 0 Å². The van der Waals surface area contributed by atoms with E-state index in [2.05, 4.69) is 4.90 Å². The van der Waals surface area contributed by atoms with Crippen LogP contribution in [0.25, 0.3) is 0 Å². The van der Waals surface area contributed by atoms with Gasteiger partial charge in [-0.2, -0.15) is 0 Å². The minimum Gasteiger partial charge on any atom is -0.494 e. The number of nitrogens with zero attached hydrogens (tertiary/aromatic N) is 1. The van der Waals surface area contributed by atoms with Gasteiger partial charge in [0, 0.05) is 24.7 Å². The van der Waals surface area contributed by atoms with E-state index >= 15 is 0 Å². The Balaban J connectivity index is 1.50. The first-order valence-electron chi connectivity index (χ1n) is 12.4. The molecule has 4 N–H and O–H groups in total. The van der Waals surface area contributed by atoms with E-state index in [1.807, 2.05) is 37.3 Å². The quantitative estimate of drug-likeness (QED) is 0.437. The highest BCUT2D eigenvalue weighted by molar-refractivity contribution is 6.31. The maximum Gasteiger partial charge on any atom is 0.119 e. The topological polar surface area (TPSA) is 103 Å². The van der Waals surface area contributed by atoms with Crippen LogP contribution in [0, 0.1) is 5.92 Å². The van der Waals surface area contributed by atoms with E-state index in [0.717, 1.165) is 42.8 Å². The van der Waals surface area contributed by atoms with Crippen molar-refractivity contribution in [2.45, 2.75) is 56.7 Å². The summed E-state index contributed by atoms with van der Waals surface area (Å²) in [7, 11) is 0. The molecule has 0 aromatic heterocycles. The summed E-state index contributed by atoms with van der Waals surface area (Å²) < 4.78 is 11.7. The number of aliphatic hydroxyl groups is 4. The summed E-state index contributed by atoms with van der Waals surface area (Å²) in [5.41, 5.74) is 2.64. The lowest BCUT2D eigenvalue weighted by atomic mass is 9.89. The molecule has 0 spiro atoms. The Morgan fingerprint density at radius 3 is 2.54 bits per heavy atom. The number of likely N-dealkylation sites (tertiary alicyclic amines) is 1. The number of hydrogen-bond acceptors (Lipinski definition) is 7. The maximum atomic E-state index is 10.8. The second kappa shape index (κ2) is 12.0. The van der Waals surface area contributed by atoms with Crippen molar-refractivity contribution in [1.82, 2.24) is 4.90 Å². The van der Waals surface area contributed by atoms with Gasteiger partial charge in [0.25, 0.3) is 0 Å². The lowest BCUT2D eigenvalue weighted by Gasteiger charge is -2.43. The first-order valence-corrected chi connectivity index (χ1v) is 12.8. The monoisotopic (exact) mass is 505 g/mol. The van der Waals surface area contributed by atoms with Gasteiger partial charge in [-0.25, -0.2) is 0 Å². The number of hydrogen-bond donors (Lipinski definition) is 4. The Labute approximate surface area is 211 Å². The SMILES string of the molecule is CCOc1ccc(Cc2cc([C@@H]3O[C@H](CN4CCCC(CO)C4)[C@@H](O)[C@H](O)[C@H]3O)ccc2Cl)cc1. The molecular formula is C27H36ClNO6. The maximum absolute atomic E-state index is 10.8. The van der Waals surface area contributed by atoms with Crippen LogP contribution >= 0.6 is 11.6 Å². The number of halogens is 1. The molecule has 2 heterocycles. The van der Waals surface area contributed by atoms with Gasteiger partial charge in [0.2, 0.25) is 0 Å². The second-order valence-corrected chi connectivity index (χ2v) is 10.0. The van der Waals surface area contributed by atoms with Gasteiger partial charge < -0.3 is 34.8 Å². The molecule has 0 amide bonds. The normalized spacial score (nSPS) is 29.8. The number of aliphatic hydroxyl groups excluding tert-OH is 4. The van der Waals surface area contributed by atoms with E-state index in [1.54, 1.807) is 12.1 Å². The van der Waals surface area contributed by atoms with E-state index in [-0.39, 0.29) is 12.5 Å². The zero-order valence-electron chi connectivity index (χ0n) is 20.1. The predicted octanol–water partition coefficient (Wildman–Crippen LogP) is 2.56. The van der Waals surface area contributed by atoms with Crippen LogP contribution in [0.4, 0.5) is 0 Å². The van der Waals surface area contributed by atoms with Crippen molar-refractivity contribution >= 4 is 11.6 Å². The fourth-order valence-electron chi connectivity index (χ4n) is 5.09. The van der Waals surface area contributed by atoms with E-state index < -0.39 is 30.5 Å². The Hall–Kier alpha value is -1.71. The molecule has 0 saturated carbocycles. The molecule has 1 unspecified atom stereocenters. The lowest BCUT2D eigenvalue weighted by Crippen LogP contribution is -2.57. The summed E-state index contributed by atoms with van der Waals surface area (Å²) in [4.78, 5) is 2.15. The molecule has 4 rings (SSSR count). The van der Waals surface area contributed by atoms with Crippen LogP contribution in [-0.2, 0) is 11.2 Å². The van der Waals surface area contributed by atoms with Crippen molar-refractivity contribution in [3.05, 3.63) is 64.2 Å². The van der Waals surface area contributed by atoms with Crippen molar-refractivity contribution in [2.75, 3.05) is 32.8 Å². The molecule has 2 saturated heterocycles. The summed E-state index contributed by atoms with van der Waals surface area (Å²) in [5, 5.41) is 42.2. The third kappa shape index (κ3) is 6.35. The van der Waals surface area contributed by atoms with E-state index in [0.29, 0.717) is 30.2 Å². The van der Waals surface area contributed by atoms with Gasteiger partial charge in [-0.1, -0.05) is 35.9 Å². The van der Waals surface area contributed by atoms with Crippen LogP contribution < -0.4 is 4.74 Å². The fraction of sp³-hybridized carbons (Fsp3) is 0.556. The smallest absolute Gasteiger partial charge is 0.119 e. The molecule has 2 aromatic rings. The van der Waals surface area contributed by atoms with Gasteiger partial charge in [-0.15, -0.1) is 0 Å². The van der Waals surface area contributed by atoms with Gasteiger partial charge in [0.15, 0.2) is 0 Å². The van der Waals surface area contributed by atoms with Crippen LogP contribution in [0.1, 0.15) is 42.6 Å². The zero-order valence-corrected chi connectivity index (χ0v) is 20.8. The molecule has 0 aliphatic carbocycles. The van der Waals surface area contributed by atoms with Crippen LogP contribution in [0.5, 0.6) is 5.75 Å². The number of ether oxygens (including phenoxy) is 2. The van der Waals surface area contributed by atoms with Crippen LogP contribution in [0.3, 0.4) is 0 Å². The number of rotatable bonds is 8. The third-order valence-corrected chi connectivity index (χ3v) is 7.41. The molecule has 2 aliphatic heterocycles. The zero-order chi connectivity index (χ0) is 24.9. The summed E-state index contributed by atoms with van der Waals surface area (Å²) >= 11 is 6.49. The molecular weight excluding hydrogens is 470 g/mol. The van der Waals surface area contributed by atoms with Gasteiger partial charge in [0.05, 0.1) is 12.7 Å². The molecule has 6 atom stereocenters. The summed E-state index contributed by atoms with van der Waals surface area (Å²) in [6.45, 7) is 4.68. The predicted molar refractivity (Wildman–Crippen MR) is 134 cm³/mol. The molecule has 0 bridgehead atoms. The fourth-order valence-corrected chi connectivity index (χ4v) is 5.28. The minimum absolute atomic E-state index is 0.135. The van der Waals surface area contributed by atoms with Crippen molar-refractivity contribution in [3.8, 4) is 5.75 Å². The third-order valence-electron chi connectivity index (χ3n) is 7.04. The highest BCUT2D eigenvalue weighted by Crippen LogP contribution is 2.35.